The molecule has 11 heteroatoms. The minimum atomic E-state index is -3.84. The number of carbonyl (C=O) groups is 3. The minimum absolute atomic E-state index is 0.0311. The van der Waals surface area contributed by atoms with Gasteiger partial charge in [0.05, 0.1) is 0 Å². The van der Waals surface area contributed by atoms with Crippen LogP contribution >= 0.6 is 0 Å². The fourth-order valence-corrected chi connectivity index (χ4v) is 8.00. The van der Waals surface area contributed by atoms with Crippen molar-refractivity contribution in [3.8, 4) is 0 Å². The van der Waals surface area contributed by atoms with Gasteiger partial charge >= 0.3 is 168 Å². The number of carboxylic acids is 1. The molecule has 0 aliphatic rings. The van der Waals surface area contributed by atoms with Gasteiger partial charge in [-0.15, -0.1) is 0 Å². The predicted octanol–water partition coefficient (Wildman–Crippen LogP) is 0.905. The van der Waals surface area contributed by atoms with Crippen LogP contribution in [0, 0.1) is 5.92 Å². The molecule has 0 aliphatic carbocycles. The molecule has 0 saturated heterocycles. The molecule has 0 aromatic heterocycles. The Kier molecular flexibility index (Phi) is 14.4. The standard InChI is InChI=1S/C16H32AsN3O6S.C6H6/c1-7-8-9-16(15(23)24,20-27(6,25)26)17-13(21)12(10(2)3)19-14(22)11(4)18-5;1-2-4-6-5-3-1/h10-12,17-18,20H,7-9H2,1-6H3,(H,19,22)(H,23,24);1-6H. The van der Waals surface area contributed by atoms with Gasteiger partial charge in [0, 0.05) is 0 Å². The molecule has 9 nitrogen and oxygen atoms in total. The summed E-state index contributed by atoms with van der Waals surface area (Å²) in [4.78, 5) is 37.0. The molecule has 0 fully saturated rings. The molecular weight excluding hydrogens is 509 g/mol. The van der Waals surface area contributed by atoms with Gasteiger partial charge in [-0.2, -0.15) is 0 Å². The first-order valence-corrected chi connectivity index (χ1v) is 14.8. The van der Waals surface area contributed by atoms with Gasteiger partial charge in [0.1, 0.15) is 0 Å². The number of carbonyl (C=O) groups excluding carboxylic acids is 2. The third kappa shape index (κ3) is 12.3. The molecule has 1 aromatic rings. The van der Waals surface area contributed by atoms with Crippen molar-refractivity contribution in [3.63, 3.8) is 0 Å². The second kappa shape index (κ2) is 15.2. The number of aliphatic carboxylic acids is 1. The van der Waals surface area contributed by atoms with Crippen LogP contribution in [0.5, 0.6) is 0 Å². The van der Waals surface area contributed by atoms with Crippen LogP contribution in [-0.2, 0) is 24.4 Å². The van der Waals surface area contributed by atoms with Crippen molar-refractivity contribution in [2.75, 3.05) is 13.3 Å². The summed E-state index contributed by atoms with van der Waals surface area (Å²) in [7, 11) is -2.23. The molecule has 0 radical (unpaired) electrons. The molecule has 1 aromatic carbocycles. The number of likely N-dealkylation sites (N-methyl/N-ethyl adjacent to an activating group) is 1. The zero-order valence-corrected chi connectivity index (χ0v) is 23.1. The van der Waals surface area contributed by atoms with Gasteiger partial charge in [-0.1, -0.05) is 36.4 Å². The van der Waals surface area contributed by atoms with E-state index in [1.165, 1.54) is 0 Å². The quantitative estimate of drug-likeness (QED) is 0.269. The first kappa shape index (κ1) is 31.3. The van der Waals surface area contributed by atoms with E-state index < -0.39 is 52.7 Å². The molecule has 4 atom stereocenters. The van der Waals surface area contributed by atoms with Gasteiger partial charge in [-0.25, -0.2) is 0 Å². The zero-order valence-electron chi connectivity index (χ0n) is 20.2. The fraction of sp³-hybridized carbons (Fsp3) is 0.591. The van der Waals surface area contributed by atoms with Gasteiger partial charge in [-0.05, 0) is 0 Å². The van der Waals surface area contributed by atoms with Gasteiger partial charge in [0.25, 0.3) is 0 Å². The van der Waals surface area contributed by atoms with E-state index in [1.54, 1.807) is 27.8 Å². The normalized spacial score (nSPS) is 15.2. The molecule has 4 unspecified atom stereocenters. The molecule has 188 valence electrons. The number of nitrogens with one attached hydrogen (secondary N) is 3. The Bertz CT molecular complexity index is 824. The summed E-state index contributed by atoms with van der Waals surface area (Å²) in [6, 6.07) is 10.6. The van der Waals surface area contributed by atoms with E-state index in [2.05, 4.69) is 15.4 Å². The van der Waals surface area contributed by atoms with E-state index >= 15 is 0 Å². The molecule has 1 amide bonds. The summed E-state index contributed by atoms with van der Waals surface area (Å²) >= 11 is -1.97. The SMILES string of the molecule is CCCCC(NS(C)(=O)=O)([AsH]C(=O)C(NC(=O)C(C)NC)C(C)C)C(=O)O.c1ccccc1. The van der Waals surface area contributed by atoms with Crippen molar-refractivity contribution < 1.29 is 27.9 Å². The first-order chi connectivity index (χ1) is 15.3. The summed E-state index contributed by atoms with van der Waals surface area (Å²) in [5.41, 5.74) is 0. The van der Waals surface area contributed by atoms with E-state index in [9.17, 15) is 27.9 Å². The first-order valence-electron chi connectivity index (χ1n) is 10.8. The number of amides is 1. The molecule has 33 heavy (non-hydrogen) atoms. The Morgan fingerprint density at radius 2 is 1.52 bits per heavy atom. The summed E-state index contributed by atoms with van der Waals surface area (Å²) in [6.45, 7) is 6.99. The van der Waals surface area contributed by atoms with Crippen molar-refractivity contribution in [1.82, 2.24) is 15.4 Å². The maximum Gasteiger partial charge on any atom is -0.0623 e. The number of carboxylic acid groups (broad SMARTS) is 1. The van der Waals surface area contributed by atoms with Crippen LogP contribution in [0.2, 0.25) is 0 Å². The monoisotopic (exact) mass is 547 g/mol. The summed E-state index contributed by atoms with van der Waals surface area (Å²) in [5, 5.41) is 15.2. The van der Waals surface area contributed by atoms with Gasteiger partial charge in [0.15, 0.2) is 0 Å². The van der Waals surface area contributed by atoms with Crippen LogP contribution in [0.4, 0.5) is 0 Å². The van der Waals surface area contributed by atoms with Crippen molar-refractivity contribution in [2.45, 2.75) is 63.4 Å². The Labute approximate surface area is 204 Å². The van der Waals surface area contributed by atoms with Crippen molar-refractivity contribution in [2.24, 2.45) is 5.92 Å². The zero-order chi connectivity index (χ0) is 25.7. The van der Waals surface area contributed by atoms with E-state index in [-0.39, 0.29) is 18.2 Å². The van der Waals surface area contributed by atoms with E-state index in [0.717, 1.165) is 6.26 Å². The second-order valence-electron chi connectivity index (χ2n) is 8.07. The summed E-state index contributed by atoms with van der Waals surface area (Å²) < 4.78 is 23.5. The molecule has 0 aliphatic heterocycles. The Balaban J connectivity index is 0.00000146. The van der Waals surface area contributed by atoms with Crippen LogP contribution in [0.3, 0.4) is 0 Å². The second-order valence-corrected chi connectivity index (χ2v) is 13.2. The summed E-state index contributed by atoms with van der Waals surface area (Å²) in [5.74, 6) is -1.99. The molecule has 1 rings (SSSR count). The summed E-state index contributed by atoms with van der Waals surface area (Å²) in [6.07, 6.45) is 2.03. The number of benzene rings is 1. The van der Waals surface area contributed by atoms with Gasteiger partial charge in [0.2, 0.25) is 0 Å². The predicted molar refractivity (Wildman–Crippen MR) is 132 cm³/mol. The van der Waals surface area contributed by atoms with Crippen LogP contribution in [0.15, 0.2) is 36.4 Å². The topological polar surface area (TPSA) is 142 Å². The number of rotatable bonds is 13. The van der Waals surface area contributed by atoms with Gasteiger partial charge < -0.3 is 0 Å². The van der Waals surface area contributed by atoms with E-state index in [1.807, 2.05) is 43.3 Å². The minimum Gasteiger partial charge on any atom is -0.0623 e. The largest absolute Gasteiger partial charge is 0.0623 e. The van der Waals surface area contributed by atoms with Crippen molar-refractivity contribution in [3.05, 3.63) is 36.4 Å². The third-order valence-electron chi connectivity index (χ3n) is 4.71. The average molecular weight is 548 g/mol. The van der Waals surface area contributed by atoms with E-state index in [0.29, 0.717) is 12.8 Å². The Morgan fingerprint density at radius 3 is 1.85 bits per heavy atom. The maximum absolute atomic E-state index is 12.9. The van der Waals surface area contributed by atoms with Crippen LogP contribution in [0.1, 0.15) is 47.0 Å². The van der Waals surface area contributed by atoms with Crippen molar-refractivity contribution >= 4 is 42.2 Å². The van der Waals surface area contributed by atoms with E-state index in [4.69, 9.17) is 0 Å². The average Bonchev–Trinajstić information content (AvgIpc) is 2.75. The number of hydrogen-bond acceptors (Lipinski definition) is 6. The molecule has 4 N–H and O–H groups in total. The molecular formula is C22H38AsN3O6S. The fourth-order valence-electron chi connectivity index (χ4n) is 2.72. The number of sulfonamides is 1. The molecule has 0 spiro atoms. The smallest absolute Gasteiger partial charge is 0.0623 e. The Hall–Kier alpha value is -1.74. The maximum atomic E-state index is 12.9. The van der Waals surface area contributed by atoms with Crippen molar-refractivity contribution in [1.29, 1.82) is 0 Å². The van der Waals surface area contributed by atoms with Crippen LogP contribution in [-0.4, -0.2) is 75.4 Å². The number of hydrogen-bond donors (Lipinski definition) is 4. The molecule has 0 saturated carbocycles. The molecule has 0 heterocycles. The van der Waals surface area contributed by atoms with Gasteiger partial charge in [-0.3, -0.25) is 0 Å². The van der Waals surface area contributed by atoms with Crippen LogP contribution < -0.4 is 15.4 Å². The van der Waals surface area contributed by atoms with Crippen LogP contribution in [0.25, 0.3) is 0 Å². The third-order valence-corrected chi connectivity index (χ3v) is 9.11. The number of unbranched alkanes of at least 4 members (excludes halogenated alkanes) is 1. The Morgan fingerprint density at radius 1 is 1.03 bits per heavy atom. The molecule has 0 bridgehead atoms.